The molecule has 2 aliphatic rings. The third-order valence-corrected chi connectivity index (χ3v) is 3.44. The van der Waals surface area contributed by atoms with Crippen molar-refractivity contribution in [3.8, 4) is 0 Å². The highest BCUT2D eigenvalue weighted by Crippen LogP contribution is 2.29. The van der Waals surface area contributed by atoms with Crippen LogP contribution in [0.15, 0.2) is 0 Å². The molecule has 2 unspecified atom stereocenters. The van der Waals surface area contributed by atoms with Crippen LogP contribution in [0.1, 0.15) is 38.5 Å². The van der Waals surface area contributed by atoms with Crippen molar-refractivity contribution in [2.75, 3.05) is 0 Å². The van der Waals surface area contributed by atoms with Gasteiger partial charge in [0.25, 0.3) is 0 Å². The second-order valence-corrected chi connectivity index (χ2v) is 4.33. The summed E-state index contributed by atoms with van der Waals surface area (Å²) < 4.78 is 0. The predicted molar refractivity (Wildman–Crippen MR) is 51.1 cm³/mol. The lowest BCUT2D eigenvalue weighted by Crippen LogP contribution is -2.46. The van der Waals surface area contributed by atoms with Crippen molar-refractivity contribution in [1.29, 1.82) is 0 Å². The van der Waals surface area contributed by atoms with Crippen LogP contribution in [-0.2, 0) is 4.79 Å². The van der Waals surface area contributed by atoms with E-state index in [-0.39, 0.29) is 18.0 Å². The van der Waals surface area contributed by atoms with Crippen LogP contribution in [-0.4, -0.2) is 18.0 Å². The summed E-state index contributed by atoms with van der Waals surface area (Å²) in [6.07, 6.45) is 6.76. The number of rotatable bonds is 2. The van der Waals surface area contributed by atoms with Gasteiger partial charge >= 0.3 is 0 Å². The summed E-state index contributed by atoms with van der Waals surface area (Å²) in [5, 5.41) is 2.97. The van der Waals surface area contributed by atoms with E-state index in [1.165, 1.54) is 25.7 Å². The zero-order valence-corrected chi connectivity index (χ0v) is 7.96. The highest BCUT2D eigenvalue weighted by molar-refractivity contribution is 5.78. The molecule has 13 heavy (non-hydrogen) atoms. The first-order valence-corrected chi connectivity index (χ1v) is 5.32. The third kappa shape index (κ3) is 1.85. The summed E-state index contributed by atoms with van der Waals surface area (Å²) in [4.78, 5) is 11.0. The molecule has 3 heteroatoms. The molecule has 0 aromatic rings. The molecular formula is C10H18N2O. The minimum Gasteiger partial charge on any atom is -0.352 e. The summed E-state index contributed by atoms with van der Waals surface area (Å²) in [5.74, 6) is 0.835. The number of nitrogens with one attached hydrogen (secondary N) is 1. The van der Waals surface area contributed by atoms with Crippen LogP contribution in [0.5, 0.6) is 0 Å². The van der Waals surface area contributed by atoms with Crippen molar-refractivity contribution in [2.24, 2.45) is 11.7 Å². The van der Waals surface area contributed by atoms with E-state index in [0.717, 1.165) is 6.42 Å². The standard InChI is InChI=1S/C10H18N2O/c11-10(7-3-1-2-4-7)8-5-6-9(13)12-8/h7-8,10H,1-6,11H2,(H,12,13). The molecule has 2 atom stereocenters. The van der Waals surface area contributed by atoms with Crippen molar-refractivity contribution >= 4 is 5.91 Å². The summed E-state index contributed by atoms with van der Waals surface area (Å²) in [6.45, 7) is 0. The van der Waals surface area contributed by atoms with E-state index in [4.69, 9.17) is 5.73 Å². The summed E-state index contributed by atoms with van der Waals surface area (Å²) >= 11 is 0. The van der Waals surface area contributed by atoms with Gasteiger partial charge in [-0.3, -0.25) is 4.79 Å². The van der Waals surface area contributed by atoms with Crippen LogP contribution < -0.4 is 11.1 Å². The van der Waals surface area contributed by atoms with Crippen LogP contribution in [0.4, 0.5) is 0 Å². The molecule has 74 valence electrons. The Kier molecular flexibility index (Phi) is 2.54. The van der Waals surface area contributed by atoms with Gasteiger partial charge in [-0.2, -0.15) is 0 Å². The fourth-order valence-corrected chi connectivity index (χ4v) is 2.60. The average Bonchev–Trinajstić information content (AvgIpc) is 2.72. The molecular weight excluding hydrogens is 164 g/mol. The highest BCUT2D eigenvalue weighted by atomic mass is 16.1. The Morgan fingerprint density at radius 2 is 2.00 bits per heavy atom. The smallest absolute Gasteiger partial charge is 0.220 e. The fraction of sp³-hybridized carbons (Fsp3) is 0.900. The van der Waals surface area contributed by atoms with Crippen LogP contribution >= 0.6 is 0 Å². The van der Waals surface area contributed by atoms with Crippen molar-refractivity contribution < 1.29 is 4.79 Å². The van der Waals surface area contributed by atoms with E-state index in [1.807, 2.05) is 0 Å². The molecule has 2 rings (SSSR count). The molecule has 1 heterocycles. The third-order valence-electron chi connectivity index (χ3n) is 3.44. The molecule has 0 radical (unpaired) electrons. The van der Waals surface area contributed by atoms with Crippen molar-refractivity contribution in [3.63, 3.8) is 0 Å². The highest BCUT2D eigenvalue weighted by Gasteiger charge is 2.32. The predicted octanol–water partition coefficient (Wildman–Crippen LogP) is 0.782. The molecule has 2 fully saturated rings. The van der Waals surface area contributed by atoms with Crippen LogP contribution in [0.2, 0.25) is 0 Å². The maximum Gasteiger partial charge on any atom is 0.220 e. The van der Waals surface area contributed by atoms with Gasteiger partial charge < -0.3 is 11.1 Å². The molecule has 3 nitrogen and oxygen atoms in total. The number of nitrogens with two attached hydrogens (primary N) is 1. The number of hydrogen-bond acceptors (Lipinski definition) is 2. The second-order valence-electron chi connectivity index (χ2n) is 4.33. The maximum absolute atomic E-state index is 11.0. The molecule has 0 aromatic heterocycles. The zero-order chi connectivity index (χ0) is 9.26. The molecule has 0 spiro atoms. The number of amides is 1. The molecule has 0 bridgehead atoms. The van der Waals surface area contributed by atoms with E-state index < -0.39 is 0 Å². The molecule has 1 amide bonds. The van der Waals surface area contributed by atoms with E-state index in [2.05, 4.69) is 5.32 Å². The SMILES string of the molecule is NC(C1CCCC1)C1CCC(=O)N1. The quantitative estimate of drug-likeness (QED) is 0.663. The normalized spacial score (nSPS) is 32.1. The van der Waals surface area contributed by atoms with Gasteiger partial charge in [0.05, 0.1) is 0 Å². The Balaban J connectivity index is 1.88. The minimum absolute atomic E-state index is 0.179. The Morgan fingerprint density at radius 1 is 1.31 bits per heavy atom. The maximum atomic E-state index is 11.0. The Labute approximate surface area is 79.1 Å². The largest absolute Gasteiger partial charge is 0.352 e. The Hall–Kier alpha value is -0.570. The molecule has 1 saturated heterocycles. The molecule has 3 N–H and O–H groups in total. The van der Waals surface area contributed by atoms with Crippen molar-refractivity contribution in [1.82, 2.24) is 5.32 Å². The van der Waals surface area contributed by atoms with Gasteiger partial charge in [-0.25, -0.2) is 0 Å². The summed E-state index contributed by atoms with van der Waals surface area (Å²) in [5.41, 5.74) is 6.13. The lowest BCUT2D eigenvalue weighted by Gasteiger charge is -2.24. The van der Waals surface area contributed by atoms with Gasteiger partial charge in [0, 0.05) is 18.5 Å². The first-order valence-electron chi connectivity index (χ1n) is 5.32. The average molecular weight is 182 g/mol. The number of carbonyl (C=O) groups excluding carboxylic acids is 1. The van der Waals surface area contributed by atoms with Crippen molar-refractivity contribution in [2.45, 2.75) is 50.6 Å². The van der Waals surface area contributed by atoms with E-state index >= 15 is 0 Å². The number of hydrogen-bond donors (Lipinski definition) is 2. The van der Waals surface area contributed by atoms with Crippen molar-refractivity contribution in [3.05, 3.63) is 0 Å². The first kappa shape index (κ1) is 9.00. The Bertz CT molecular complexity index is 199. The monoisotopic (exact) mass is 182 g/mol. The summed E-state index contributed by atoms with van der Waals surface area (Å²) in [7, 11) is 0. The van der Waals surface area contributed by atoms with E-state index in [9.17, 15) is 4.79 Å². The van der Waals surface area contributed by atoms with Gasteiger partial charge in [-0.1, -0.05) is 12.8 Å². The first-order chi connectivity index (χ1) is 6.27. The van der Waals surface area contributed by atoms with Gasteiger partial charge in [0.15, 0.2) is 0 Å². The second kappa shape index (κ2) is 3.66. The van der Waals surface area contributed by atoms with E-state index in [1.54, 1.807) is 0 Å². The van der Waals surface area contributed by atoms with Crippen LogP contribution in [0.25, 0.3) is 0 Å². The van der Waals surface area contributed by atoms with E-state index in [0.29, 0.717) is 12.3 Å². The van der Waals surface area contributed by atoms with Gasteiger partial charge in [0.1, 0.15) is 0 Å². The topological polar surface area (TPSA) is 55.1 Å². The van der Waals surface area contributed by atoms with Crippen LogP contribution in [0.3, 0.4) is 0 Å². The Morgan fingerprint density at radius 3 is 2.54 bits per heavy atom. The molecule has 1 saturated carbocycles. The number of carbonyl (C=O) groups is 1. The van der Waals surface area contributed by atoms with Gasteiger partial charge in [0.2, 0.25) is 5.91 Å². The summed E-state index contributed by atoms with van der Waals surface area (Å²) in [6, 6.07) is 0.463. The molecule has 0 aromatic carbocycles. The zero-order valence-electron chi connectivity index (χ0n) is 7.96. The lowest BCUT2D eigenvalue weighted by molar-refractivity contribution is -0.119. The van der Waals surface area contributed by atoms with Crippen LogP contribution in [0, 0.1) is 5.92 Å². The molecule has 1 aliphatic carbocycles. The van der Waals surface area contributed by atoms with Gasteiger partial charge in [-0.15, -0.1) is 0 Å². The van der Waals surface area contributed by atoms with Gasteiger partial charge in [-0.05, 0) is 25.2 Å². The molecule has 1 aliphatic heterocycles. The minimum atomic E-state index is 0.179. The lowest BCUT2D eigenvalue weighted by atomic mass is 9.92. The fourth-order valence-electron chi connectivity index (χ4n) is 2.60.